The van der Waals surface area contributed by atoms with Crippen molar-refractivity contribution in [2.75, 3.05) is 41.5 Å². The summed E-state index contributed by atoms with van der Waals surface area (Å²) < 4.78 is 27.7. The summed E-state index contributed by atoms with van der Waals surface area (Å²) in [5.74, 6) is 1.29. The fraction of sp³-hybridized carbons (Fsp3) is 0.538. The molecule has 0 aromatic heterocycles. The van der Waals surface area contributed by atoms with Crippen molar-refractivity contribution in [1.82, 2.24) is 0 Å². The van der Waals surface area contributed by atoms with Crippen LogP contribution in [0, 0.1) is 0 Å². The molecule has 0 fully saturated rings. The summed E-state index contributed by atoms with van der Waals surface area (Å²) in [7, 11) is 4.80. The number of halogens is 2. The molecule has 0 saturated heterocycles. The van der Waals surface area contributed by atoms with Crippen LogP contribution in [0.2, 0.25) is 0 Å². The lowest BCUT2D eigenvalue weighted by Gasteiger charge is -2.17. The van der Waals surface area contributed by atoms with Gasteiger partial charge in [-0.1, -0.05) is 0 Å². The number of methoxy groups -OCH3 is 3. The summed E-state index contributed by atoms with van der Waals surface area (Å²) in [5, 5.41) is 0. The van der Waals surface area contributed by atoms with E-state index in [2.05, 4.69) is 31.9 Å². The van der Waals surface area contributed by atoms with E-state index >= 15 is 0 Å². The molecule has 20 heavy (non-hydrogen) atoms. The van der Waals surface area contributed by atoms with Gasteiger partial charge in [0.2, 0.25) is 0 Å². The van der Waals surface area contributed by atoms with Crippen molar-refractivity contribution in [1.29, 1.82) is 0 Å². The molecule has 0 aliphatic carbocycles. The van der Waals surface area contributed by atoms with Crippen LogP contribution >= 0.6 is 31.9 Å². The molecule has 0 bridgehead atoms. The van der Waals surface area contributed by atoms with Crippen LogP contribution in [0.5, 0.6) is 11.5 Å². The molecule has 0 atom stereocenters. The van der Waals surface area contributed by atoms with Gasteiger partial charge in [-0.25, -0.2) is 0 Å². The highest BCUT2D eigenvalue weighted by Crippen LogP contribution is 2.41. The maximum absolute atomic E-state index is 5.53. The zero-order valence-electron chi connectivity index (χ0n) is 11.7. The van der Waals surface area contributed by atoms with E-state index in [0.29, 0.717) is 24.5 Å². The topological polar surface area (TPSA) is 46.2 Å². The number of rotatable bonds is 9. The van der Waals surface area contributed by atoms with Gasteiger partial charge in [0.25, 0.3) is 0 Å². The van der Waals surface area contributed by atoms with Crippen LogP contribution in [0.15, 0.2) is 15.0 Å². The second kappa shape index (κ2) is 9.57. The largest absolute Gasteiger partial charge is 0.466 e. The van der Waals surface area contributed by atoms with E-state index in [4.69, 9.17) is 23.7 Å². The summed E-state index contributed by atoms with van der Waals surface area (Å²) in [6.07, 6.45) is 0.713. The van der Waals surface area contributed by atoms with Crippen molar-refractivity contribution in [2.45, 2.75) is 6.42 Å². The first-order chi connectivity index (χ1) is 9.65. The van der Waals surface area contributed by atoms with E-state index < -0.39 is 0 Å². The molecule has 0 amide bonds. The van der Waals surface area contributed by atoms with Crippen molar-refractivity contribution < 1.29 is 23.7 Å². The predicted octanol–water partition coefficient (Wildman–Crippen LogP) is 3.37. The minimum atomic E-state index is 0.160. The van der Waals surface area contributed by atoms with Crippen molar-refractivity contribution >= 4 is 31.9 Å². The zero-order valence-corrected chi connectivity index (χ0v) is 14.9. The monoisotopic (exact) mass is 412 g/mol. The van der Waals surface area contributed by atoms with E-state index in [-0.39, 0.29) is 13.6 Å². The first-order valence-corrected chi connectivity index (χ1v) is 7.47. The van der Waals surface area contributed by atoms with Gasteiger partial charge in [-0.05, 0) is 43.8 Å². The van der Waals surface area contributed by atoms with E-state index in [1.165, 1.54) is 0 Å². The maximum atomic E-state index is 5.53. The van der Waals surface area contributed by atoms with Crippen LogP contribution < -0.4 is 9.47 Å². The average molecular weight is 414 g/mol. The molecule has 1 aromatic rings. The Balaban J connectivity index is 3.09. The van der Waals surface area contributed by atoms with Gasteiger partial charge < -0.3 is 23.7 Å². The normalized spacial score (nSPS) is 10.7. The van der Waals surface area contributed by atoms with E-state index in [0.717, 1.165) is 14.5 Å². The molecular weight excluding hydrogens is 396 g/mol. The molecule has 0 radical (unpaired) electrons. The van der Waals surface area contributed by atoms with Gasteiger partial charge in [0.1, 0.15) is 11.5 Å². The van der Waals surface area contributed by atoms with Crippen LogP contribution in [-0.2, 0) is 20.6 Å². The summed E-state index contributed by atoms with van der Waals surface area (Å²) in [5.41, 5.74) is 1.01. The third-order valence-corrected chi connectivity index (χ3v) is 4.18. The molecular formula is C13H18Br2O5. The van der Waals surface area contributed by atoms with Crippen LogP contribution in [0.4, 0.5) is 0 Å². The van der Waals surface area contributed by atoms with Gasteiger partial charge in [0, 0.05) is 27.4 Å². The molecule has 5 nitrogen and oxygen atoms in total. The van der Waals surface area contributed by atoms with Gasteiger partial charge in [-0.2, -0.15) is 0 Å². The smallest absolute Gasteiger partial charge is 0.188 e. The zero-order chi connectivity index (χ0) is 15.0. The minimum Gasteiger partial charge on any atom is -0.466 e. The minimum absolute atomic E-state index is 0.160. The average Bonchev–Trinajstić information content (AvgIpc) is 2.45. The number of ether oxygens (including phenoxy) is 5. The fourth-order valence-corrected chi connectivity index (χ4v) is 3.03. The lowest BCUT2D eigenvalue weighted by Crippen LogP contribution is -2.06. The summed E-state index contributed by atoms with van der Waals surface area (Å²) in [6, 6.07) is 1.78. The summed E-state index contributed by atoms with van der Waals surface area (Å²) in [4.78, 5) is 0. The Morgan fingerprint density at radius 2 is 1.35 bits per heavy atom. The predicted molar refractivity (Wildman–Crippen MR) is 82.4 cm³/mol. The highest BCUT2D eigenvalue weighted by atomic mass is 79.9. The molecule has 114 valence electrons. The van der Waals surface area contributed by atoms with Crippen molar-refractivity contribution in [3.8, 4) is 11.5 Å². The first-order valence-electron chi connectivity index (χ1n) is 5.89. The number of benzene rings is 1. The van der Waals surface area contributed by atoms with Crippen molar-refractivity contribution in [2.24, 2.45) is 0 Å². The molecule has 0 aliphatic heterocycles. The molecule has 0 aliphatic rings. The Morgan fingerprint density at radius 3 is 1.75 bits per heavy atom. The highest BCUT2D eigenvalue weighted by molar-refractivity contribution is 9.11. The fourth-order valence-electron chi connectivity index (χ4n) is 1.52. The Labute approximate surface area is 135 Å². The Bertz CT molecular complexity index is 393. The van der Waals surface area contributed by atoms with E-state index in [1.807, 2.05) is 0 Å². The molecule has 0 heterocycles. The molecule has 1 rings (SSSR count). The van der Waals surface area contributed by atoms with E-state index in [9.17, 15) is 0 Å². The van der Waals surface area contributed by atoms with Crippen LogP contribution in [-0.4, -0.2) is 41.5 Å². The van der Waals surface area contributed by atoms with Crippen LogP contribution in [0.3, 0.4) is 0 Å². The van der Waals surface area contributed by atoms with Gasteiger partial charge >= 0.3 is 0 Å². The lowest BCUT2D eigenvalue weighted by atomic mass is 10.1. The Hall–Kier alpha value is -0.340. The first kappa shape index (κ1) is 17.7. The van der Waals surface area contributed by atoms with Crippen molar-refractivity contribution in [3.63, 3.8) is 0 Å². The second-order valence-corrected chi connectivity index (χ2v) is 5.41. The molecule has 0 unspecified atom stereocenters. The maximum Gasteiger partial charge on any atom is 0.188 e. The molecule has 7 heteroatoms. The van der Waals surface area contributed by atoms with Gasteiger partial charge in [0.05, 0.1) is 15.6 Å². The van der Waals surface area contributed by atoms with Crippen molar-refractivity contribution in [3.05, 3.63) is 20.6 Å². The molecule has 0 saturated carbocycles. The highest BCUT2D eigenvalue weighted by Gasteiger charge is 2.17. The molecule has 1 aromatic carbocycles. The standard InChI is InChI=1S/C13H18Br2O5/c1-16-5-4-9-12(14)10(19-7-17-2)6-11(13(9)15)20-8-18-3/h6H,4-5,7-8H2,1-3H3. The summed E-state index contributed by atoms with van der Waals surface area (Å²) in [6.45, 7) is 0.913. The van der Waals surface area contributed by atoms with Gasteiger partial charge in [-0.3, -0.25) is 0 Å². The quantitative estimate of drug-likeness (QED) is 0.581. The molecule has 0 N–H and O–H groups in total. The molecule has 0 spiro atoms. The van der Waals surface area contributed by atoms with E-state index in [1.54, 1.807) is 27.4 Å². The number of hydrogen-bond acceptors (Lipinski definition) is 5. The van der Waals surface area contributed by atoms with Gasteiger partial charge in [0.15, 0.2) is 13.6 Å². The van der Waals surface area contributed by atoms with Crippen LogP contribution in [0.1, 0.15) is 5.56 Å². The SMILES string of the molecule is COCCc1c(Br)c(OCOC)cc(OCOC)c1Br. The Morgan fingerprint density at radius 1 is 0.850 bits per heavy atom. The third kappa shape index (κ3) is 4.89. The second-order valence-electron chi connectivity index (χ2n) is 3.82. The number of hydrogen-bond donors (Lipinski definition) is 0. The van der Waals surface area contributed by atoms with Gasteiger partial charge in [-0.15, -0.1) is 0 Å². The third-order valence-electron chi connectivity index (χ3n) is 2.45. The summed E-state index contributed by atoms with van der Waals surface area (Å²) >= 11 is 7.08. The van der Waals surface area contributed by atoms with Crippen LogP contribution in [0.25, 0.3) is 0 Å². The Kier molecular flexibility index (Phi) is 8.47. The lowest BCUT2D eigenvalue weighted by molar-refractivity contribution is 0.0452.